The Bertz CT molecular complexity index is 272. The SMILES string of the molecule is CN(CCCC(=O)O)C(=O)C1(C)CCCN1. The first kappa shape index (κ1) is 13.0. The average molecular weight is 228 g/mol. The summed E-state index contributed by atoms with van der Waals surface area (Å²) in [6.07, 6.45) is 2.50. The topological polar surface area (TPSA) is 69.6 Å². The minimum Gasteiger partial charge on any atom is -0.481 e. The number of nitrogens with zero attached hydrogens (tertiary/aromatic N) is 1. The van der Waals surface area contributed by atoms with E-state index in [0.717, 1.165) is 19.4 Å². The van der Waals surface area contributed by atoms with Crippen LogP contribution in [0.25, 0.3) is 0 Å². The Morgan fingerprint density at radius 1 is 1.50 bits per heavy atom. The summed E-state index contributed by atoms with van der Waals surface area (Å²) in [5, 5.41) is 11.7. The number of rotatable bonds is 5. The molecule has 0 aromatic heterocycles. The Hall–Kier alpha value is -1.10. The van der Waals surface area contributed by atoms with Gasteiger partial charge in [0.1, 0.15) is 0 Å². The van der Waals surface area contributed by atoms with Crippen LogP contribution in [0.2, 0.25) is 0 Å². The highest BCUT2D eigenvalue weighted by Gasteiger charge is 2.37. The van der Waals surface area contributed by atoms with Gasteiger partial charge in [-0.25, -0.2) is 0 Å². The van der Waals surface area contributed by atoms with Crippen molar-refractivity contribution in [3.05, 3.63) is 0 Å². The van der Waals surface area contributed by atoms with Gasteiger partial charge in [-0.15, -0.1) is 0 Å². The third kappa shape index (κ3) is 3.20. The van der Waals surface area contributed by atoms with Crippen molar-refractivity contribution in [1.82, 2.24) is 10.2 Å². The summed E-state index contributed by atoms with van der Waals surface area (Å²) in [4.78, 5) is 24.0. The van der Waals surface area contributed by atoms with Gasteiger partial charge >= 0.3 is 5.97 Å². The second-order valence-corrected chi connectivity index (χ2v) is 4.59. The minimum atomic E-state index is -0.814. The first-order chi connectivity index (χ1) is 7.46. The molecule has 0 radical (unpaired) electrons. The molecule has 1 amide bonds. The molecule has 5 nitrogen and oxygen atoms in total. The van der Waals surface area contributed by atoms with Crippen molar-refractivity contribution < 1.29 is 14.7 Å². The molecule has 16 heavy (non-hydrogen) atoms. The molecule has 1 heterocycles. The fourth-order valence-corrected chi connectivity index (χ4v) is 2.07. The van der Waals surface area contributed by atoms with E-state index in [9.17, 15) is 9.59 Å². The first-order valence-corrected chi connectivity index (χ1v) is 5.68. The van der Waals surface area contributed by atoms with Crippen LogP contribution in [0.15, 0.2) is 0 Å². The summed E-state index contributed by atoms with van der Waals surface area (Å²) in [7, 11) is 1.73. The molecule has 0 bridgehead atoms. The van der Waals surface area contributed by atoms with E-state index in [4.69, 9.17) is 5.11 Å². The van der Waals surface area contributed by atoms with E-state index in [0.29, 0.717) is 13.0 Å². The van der Waals surface area contributed by atoms with Crippen LogP contribution in [-0.4, -0.2) is 47.6 Å². The lowest BCUT2D eigenvalue weighted by atomic mass is 9.98. The molecule has 1 fully saturated rings. The third-order valence-corrected chi connectivity index (χ3v) is 3.07. The van der Waals surface area contributed by atoms with Crippen LogP contribution in [-0.2, 0) is 9.59 Å². The Morgan fingerprint density at radius 3 is 2.69 bits per heavy atom. The number of carboxylic acids is 1. The molecule has 0 saturated carbocycles. The maximum absolute atomic E-state index is 12.1. The monoisotopic (exact) mass is 228 g/mol. The first-order valence-electron chi connectivity index (χ1n) is 5.68. The number of amides is 1. The number of nitrogens with one attached hydrogen (secondary N) is 1. The van der Waals surface area contributed by atoms with Crippen molar-refractivity contribution >= 4 is 11.9 Å². The Balaban J connectivity index is 2.38. The van der Waals surface area contributed by atoms with Crippen LogP contribution >= 0.6 is 0 Å². The second kappa shape index (κ2) is 5.30. The van der Waals surface area contributed by atoms with Crippen LogP contribution < -0.4 is 5.32 Å². The zero-order chi connectivity index (χ0) is 12.2. The van der Waals surface area contributed by atoms with Crippen LogP contribution in [0.4, 0.5) is 0 Å². The standard InChI is InChI=1S/C11H20N2O3/c1-11(6-4-7-12-11)10(16)13(2)8-3-5-9(14)15/h12H,3-8H2,1-2H3,(H,14,15). The predicted molar refractivity (Wildman–Crippen MR) is 60.1 cm³/mol. The van der Waals surface area contributed by atoms with Gasteiger partial charge in [0.2, 0.25) is 5.91 Å². The molecule has 0 aromatic rings. The molecule has 2 N–H and O–H groups in total. The fraction of sp³-hybridized carbons (Fsp3) is 0.818. The van der Waals surface area contributed by atoms with Crippen LogP contribution in [0.1, 0.15) is 32.6 Å². The molecular weight excluding hydrogens is 208 g/mol. The van der Waals surface area contributed by atoms with Crippen molar-refractivity contribution in [2.75, 3.05) is 20.1 Å². The van der Waals surface area contributed by atoms with Gasteiger partial charge in [-0.05, 0) is 32.7 Å². The molecule has 1 aliphatic heterocycles. The molecule has 1 aliphatic rings. The Morgan fingerprint density at radius 2 is 2.19 bits per heavy atom. The molecule has 0 aromatic carbocycles. The lowest BCUT2D eigenvalue weighted by molar-refractivity contribution is -0.139. The van der Waals surface area contributed by atoms with Gasteiger partial charge < -0.3 is 15.3 Å². The van der Waals surface area contributed by atoms with Gasteiger partial charge in [0.25, 0.3) is 0 Å². The molecular formula is C11H20N2O3. The van der Waals surface area contributed by atoms with E-state index in [1.54, 1.807) is 11.9 Å². The van der Waals surface area contributed by atoms with Gasteiger partial charge in [-0.2, -0.15) is 0 Å². The Kier molecular flexibility index (Phi) is 4.29. The molecule has 92 valence electrons. The maximum Gasteiger partial charge on any atom is 0.303 e. The lowest BCUT2D eigenvalue weighted by Gasteiger charge is -2.29. The van der Waals surface area contributed by atoms with E-state index >= 15 is 0 Å². The fourth-order valence-electron chi connectivity index (χ4n) is 2.07. The average Bonchev–Trinajstić information content (AvgIpc) is 2.64. The van der Waals surface area contributed by atoms with E-state index in [2.05, 4.69) is 5.32 Å². The molecule has 0 spiro atoms. The van der Waals surface area contributed by atoms with Crippen LogP contribution in [0.3, 0.4) is 0 Å². The molecule has 1 rings (SSSR count). The summed E-state index contributed by atoms with van der Waals surface area (Å²) >= 11 is 0. The summed E-state index contributed by atoms with van der Waals surface area (Å²) < 4.78 is 0. The van der Waals surface area contributed by atoms with Crippen molar-refractivity contribution in [3.63, 3.8) is 0 Å². The van der Waals surface area contributed by atoms with E-state index in [1.807, 2.05) is 6.92 Å². The highest BCUT2D eigenvalue weighted by molar-refractivity contribution is 5.86. The largest absolute Gasteiger partial charge is 0.481 e. The molecule has 1 unspecified atom stereocenters. The van der Waals surface area contributed by atoms with Gasteiger partial charge in [0.05, 0.1) is 5.54 Å². The molecule has 0 aliphatic carbocycles. The number of hydrogen-bond acceptors (Lipinski definition) is 3. The predicted octanol–water partition coefficient (Wildman–Crippen LogP) is 0.452. The summed E-state index contributed by atoms with van der Waals surface area (Å²) in [5.74, 6) is -0.749. The normalized spacial score (nSPS) is 24.4. The number of carboxylic acid groups (broad SMARTS) is 1. The van der Waals surface area contributed by atoms with Crippen molar-refractivity contribution in [2.45, 2.75) is 38.1 Å². The number of aliphatic carboxylic acids is 1. The Labute approximate surface area is 95.8 Å². The number of hydrogen-bond donors (Lipinski definition) is 2. The lowest BCUT2D eigenvalue weighted by Crippen LogP contribution is -2.51. The highest BCUT2D eigenvalue weighted by Crippen LogP contribution is 2.20. The number of carbonyl (C=O) groups is 2. The van der Waals surface area contributed by atoms with E-state index < -0.39 is 11.5 Å². The van der Waals surface area contributed by atoms with Crippen molar-refractivity contribution in [3.8, 4) is 0 Å². The zero-order valence-corrected chi connectivity index (χ0v) is 9.95. The number of carbonyl (C=O) groups excluding carboxylic acids is 1. The van der Waals surface area contributed by atoms with Crippen LogP contribution in [0.5, 0.6) is 0 Å². The highest BCUT2D eigenvalue weighted by atomic mass is 16.4. The van der Waals surface area contributed by atoms with Crippen molar-refractivity contribution in [2.24, 2.45) is 0 Å². The molecule has 5 heteroatoms. The van der Waals surface area contributed by atoms with Gasteiger partial charge in [-0.3, -0.25) is 9.59 Å². The molecule has 1 atom stereocenters. The summed E-state index contributed by atoms with van der Waals surface area (Å²) in [6, 6.07) is 0. The third-order valence-electron chi connectivity index (χ3n) is 3.07. The smallest absolute Gasteiger partial charge is 0.303 e. The zero-order valence-electron chi connectivity index (χ0n) is 9.95. The van der Waals surface area contributed by atoms with Crippen LogP contribution in [0, 0.1) is 0 Å². The van der Waals surface area contributed by atoms with Gasteiger partial charge in [0, 0.05) is 20.0 Å². The molecule has 1 saturated heterocycles. The quantitative estimate of drug-likeness (QED) is 0.717. The maximum atomic E-state index is 12.1. The van der Waals surface area contributed by atoms with Gasteiger partial charge in [-0.1, -0.05) is 0 Å². The second-order valence-electron chi connectivity index (χ2n) is 4.59. The van der Waals surface area contributed by atoms with Crippen molar-refractivity contribution in [1.29, 1.82) is 0 Å². The number of likely N-dealkylation sites (N-methyl/N-ethyl adjacent to an activating group) is 1. The minimum absolute atomic E-state index is 0.0652. The summed E-state index contributed by atoms with van der Waals surface area (Å²) in [6.45, 7) is 3.30. The van der Waals surface area contributed by atoms with E-state index in [-0.39, 0.29) is 12.3 Å². The van der Waals surface area contributed by atoms with E-state index in [1.165, 1.54) is 0 Å². The van der Waals surface area contributed by atoms with Gasteiger partial charge in [0.15, 0.2) is 0 Å². The summed E-state index contributed by atoms with van der Waals surface area (Å²) in [5.41, 5.74) is -0.446.